The maximum atomic E-state index is 12.6. The maximum Gasteiger partial charge on any atom is 0.279 e. The Morgan fingerprint density at radius 3 is 2.60 bits per heavy atom. The van der Waals surface area contributed by atoms with Gasteiger partial charge < -0.3 is 4.57 Å². The van der Waals surface area contributed by atoms with Gasteiger partial charge in [-0.1, -0.05) is 47.7 Å². The highest BCUT2D eigenvalue weighted by Gasteiger charge is 2.10. The molecule has 1 heterocycles. The average molecular weight is 346 g/mol. The molecule has 0 fully saturated rings. The lowest BCUT2D eigenvalue weighted by Crippen LogP contribution is -2.13. The summed E-state index contributed by atoms with van der Waals surface area (Å²) in [6.07, 6.45) is 0. The van der Waals surface area contributed by atoms with E-state index in [-0.39, 0.29) is 5.91 Å². The molecule has 25 heavy (non-hydrogen) atoms. The van der Waals surface area contributed by atoms with Gasteiger partial charge in [-0.25, -0.2) is 0 Å². The topological polar surface area (TPSA) is 34.4 Å². The molecule has 4 aromatic rings. The molecular formula is C21H18N2OS. The highest BCUT2D eigenvalue weighted by atomic mass is 32.1. The molecule has 1 amide bonds. The van der Waals surface area contributed by atoms with Gasteiger partial charge in [-0.3, -0.25) is 4.79 Å². The Bertz CT molecular complexity index is 1200. The summed E-state index contributed by atoms with van der Waals surface area (Å²) >= 11 is 1.56. The van der Waals surface area contributed by atoms with Crippen molar-refractivity contribution in [1.82, 2.24) is 4.57 Å². The lowest BCUT2D eigenvalue weighted by atomic mass is 10.1. The van der Waals surface area contributed by atoms with E-state index in [1.165, 1.54) is 16.3 Å². The normalized spacial score (nSPS) is 12.2. The molecule has 0 spiro atoms. The summed E-state index contributed by atoms with van der Waals surface area (Å²) in [4.78, 5) is 17.7. The zero-order valence-electron chi connectivity index (χ0n) is 14.4. The number of thiazole rings is 1. The monoisotopic (exact) mass is 346 g/mol. The summed E-state index contributed by atoms with van der Waals surface area (Å²) in [6, 6.07) is 18.2. The molecule has 0 bridgehead atoms. The van der Waals surface area contributed by atoms with Gasteiger partial charge in [-0.05, 0) is 48.6 Å². The predicted octanol–water partition coefficient (Wildman–Crippen LogP) is 4.75. The first-order valence-electron chi connectivity index (χ1n) is 8.18. The highest BCUT2D eigenvalue weighted by Crippen LogP contribution is 2.27. The van der Waals surface area contributed by atoms with Crippen molar-refractivity contribution in [3.8, 4) is 0 Å². The van der Waals surface area contributed by atoms with Crippen molar-refractivity contribution in [3.05, 3.63) is 76.1 Å². The quantitative estimate of drug-likeness (QED) is 0.490. The number of nitrogens with zero attached hydrogens (tertiary/aromatic N) is 2. The van der Waals surface area contributed by atoms with Gasteiger partial charge in [0.2, 0.25) is 0 Å². The van der Waals surface area contributed by atoms with Gasteiger partial charge in [0, 0.05) is 18.0 Å². The van der Waals surface area contributed by atoms with Crippen LogP contribution in [0.3, 0.4) is 0 Å². The summed E-state index contributed by atoms with van der Waals surface area (Å²) in [6.45, 7) is 4.05. The van der Waals surface area contributed by atoms with Gasteiger partial charge in [0.1, 0.15) is 0 Å². The second-order valence-corrected chi connectivity index (χ2v) is 7.27. The number of hydrogen-bond donors (Lipinski definition) is 0. The van der Waals surface area contributed by atoms with Gasteiger partial charge in [-0.15, -0.1) is 0 Å². The summed E-state index contributed by atoms with van der Waals surface area (Å²) in [5.41, 5.74) is 4.00. The van der Waals surface area contributed by atoms with Crippen LogP contribution in [0.4, 0.5) is 0 Å². The number of aromatic nitrogens is 1. The molecule has 0 aliphatic rings. The second-order valence-electron chi connectivity index (χ2n) is 6.29. The number of amides is 1. The molecule has 3 aromatic carbocycles. The van der Waals surface area contributed by atoms with Gasteiger partial charge >= 0.3 is 0 Å². The number of fused-ring (bicyclic) bond motifs is 3. The molecular weight excluding hydrogens is 328 g/mol. The second kappa shape index (κ2) is 5.97. The number of hydrogen-bond acceptors (Lipinski definition) is 2. The van der Waals surface area contributed by atoms with E-state index in [2.05, 4.69) is 29.3 Å². The van der Waals surface area contributed by atoms with Crippen molar-refractivity contribution in [2.45, 2.75) is 13.8 Å². The van der Waals surface area contributed by atoms with E-state index < -0.39 is 0 Å². The Hall–Kier alpha value is -2.72. The van der Waals surface area contributed by atoms with Crippen LogP contribution in [-0.2, 0) is 7.05 Å². The van der Waals surface area contributed by atoms with Crippen LogP contribution in [0.15, 0.2) is 59.6 Å². The fraction of sp³-hybridized carbons (Fsp3) is 0.143. The van der Waals surface area contributed by atoms with Crippen molar-refractivity contribution in [2.75, 3.05) is 0 Å². The number of carbonyl (C=O) groups excluding carboxylic acids is 1. The Balaban J connectivity index is 1.89. The molecule has 4 rings (SSSR count). The molecule has 0 aliphatic carbocycles. The number of benzene rings is 3. The molecule has 0 N–H and O–H groups in total. The molecule has 0 saturated carbocycles. The maximum absolute atomic E-state index is 12.6. The summed E-state index contributed by atoms with van der Waals surface area (Å²) in [5.74, 6) is -0.199. The SMILES string of the molecule is Cc1ccc(C(=O)N=c2sc3c4ccccc4ccc3n2C)cc1C. The molecule has 0 saturated heterocycles. The van der Waals surface area contributed by atoms with Crippen LogP contribution in [0.2, 0.25) is 0 Å². The zero-order chi connectivity index (χ0) is 17.6. The first-order valence-corrected chi connectivity index (χ1v) is 9.00. The third kappa shape index (κ3) is 2.68. The van der Waals surface area contributed by atoms with E-state index in [4.69, 9.17) is 0 Å². The minimum atomic E-state index is -0.199. The van der Waals surface area contributed by atoms with Crippen LogP contribution in [0.25, 0.3) is 21.0 Å². The molecule has 0 radical (unpaired) electrons. The summed E-state index contributed by atoms with van der Waals surface area (Å²) < 4.78 is 3.15. The van der Waals surface area contributed by atoms with Crippen LogP contribution in [-0.4, -0.2) is 10.5 Å². The Kier molecular flexibility index (Phi) is 3.77. The molecule has 0 unspecified atom stereocenters. The predicted molar refractivity (Wildman–Crippen MR) is 104 cm³/mol. The number of aryl methyl sites for hydroxylation is 3. The largest absolute Gasteiger partial charge is 0.319 e. The lowest BCUT2D eigenvalue weighted by molar-refractivity contribution is 0.0998. The summed E-state index contributed by atoms with van der Waals surface area (Å²) in [5, 5.41) is 2.39. The van der Waals surface area contributed by atoms with Crippen molar-refractivity contribution < 1.29 is 4.79 Å². The number of rotatable bonds is 1. The van der Waals surface area contributed by atoms with Crippen LogP contribution in [0, 0.1) is 13.8 Å². The molecule has 1 aromatic heterocycles. The Morgan fingerprint density at radius 1 is 1.00 bits per heavy atom. The lowest BCUT2D eigenvalue weighted by Gasteiger charge is -2.01. The highest BCUT2D eigenvalue weighted by molar-refractivity contribution is 7.17. The van der Waals surface area contributed by atoms with Crippen molar-refractivity contribution in [3.63, 3.8) is 0 Å². The van der Waals surface area contributed by atoms with E-state index in [0.29, 0.717) is 5.56 Å². The fourth-order valence-electron chi connectivity index (χ4n) is 2.99. The summed E-state index contributed by atoms with van der Waals surface area (Å²) in [7, 11) is 1.96. The van der Waals surface area contributed by atoms with Crippen molar-refractivity contribution in [1.29, 1.82) is 0 Å². The van der Waals surface area contributed by atoms with Crippen molar-refractivity contribution in [2.24, 2.45) is 12.0 Å². The van der Waals surface area contributed by atoms with Gasteiger partial charge in [-0.2, -0.15) is 4.99 Å². The first-order chi connectivity index (χ1) is 12.0. The average Bonchev–Trinajstić information content (AvgIpc) is 2.93. The zero-order valence-corrected chi connectivity index (χ0v) is 15.2. The van der Waals surface area contributed by atoms with Crippen LogP contribution in [0.1, 0.15) is 21.5 Å². The molecule has 0 aliphatic heterocycles. The fourth-order valence-corrected chi connectivity index (χ4v) is 4.14. The molecule has 124 valence electrons. The van der Waals surface area contributed by atoms with Crippen LogP contribution in [0.5, 0.6) is 0 Å². The molecule has 4 heteroatoms. The first kappa shape index (κ1) is 15.8. The Labute approximate surface area is 149 Å². The van der Waals surface area contributed by atoms with E-state index >= 15 is 0 Å². The molecule has 3 nitrogen and oxygen atoms in total. The minimum Gasteiger partial charge on any atom is -0.319 e. The van der Waals surface area contributed by atoms with E-state index in [0.717, 1.165) is 20.6 Å². The van der Waals surface area contributed by atoms with Crippen LogP contribution < -0.4 is 4.80 Å². The van der Waals surface area contributed by atoms with E-state index in [9.17, 15) is 4.79 Å². The minimum absolute atomic E-state index is 0.199. The standard InChI is InChI=1S/C21H18N2OS/c1-13-8-9-16(12-14(13)2)20(24)22-21-23(3)18-11-10-15-6-4-5-7-17(15)19(18)25-21/h4-12H,1-3H3. The van der Waals surface area contributed by atoms with E-state index in [1.807, 2.05) is 55.8 Å². The van der Waals surface area contributed by atoms with Crippen LogP contribution >= 0.6 is 11.3 Å². The third-order valence-corrected chi connectivity index (χ3v) is 5.83. The molecule has 0 atom stereocenters. The Morgan fingerprint density at radius 2 is 1.80 bits per heavy atom. The number of carbonyl (C=O) groups is 1. The smallest absolute Gasteiger partial charge is 0.279 e. The van der Waals surface area contributed by atoms with Crippen molar-refractivity contribution >= 4 is 38.2 Å². The van der Waals surface area contributed by atoms with Gasteiger partial charge in [0.25, 0.3) is 5.91 Å². The third-order valence-electron chi connectivity index (χ3n) is 4.65. The van der Waals surface area contributed by atoms with Gasteiger partial charge in [0.05, 0.1) is 10.2 Å². The van der Waals surface area contributed by atoms with Gasteiger partial charge in [0.15, 0.2) is 4.80 Å². The van der Waals surface area contributed by atoms with E-state index in [1.54, 1.807) is 11.3 Å².